The standard InChI is InChI=1S/C11H12BrNO/c1-13(10-4-5-10)11-6-9(12)3-2-8(11)7-14/h2-3,6-7,10H,4-5H2,1H3. The van der Waals surface area contributed by atoms with Crippen molar-refractivity contribution in [3.8, 4) is 0 Å². The molecule has 0 saturated heterocycles. The van der Waals surface area contributed by atoms with Gasteiger partial charge in [0.15, 0.2) is 6.29 Å². The molecule has 1 aromatic carbocycles. The van der Waals surface area contributed by atoms with E-state index < -0.39 is 0 Å². The average molecular weight is 254 g/mol. The summed E-state index contributed by atoms with van der Waals surface area (Å²) in [6.07, 6.45) is 3.39. The summed E-state index contributed by atoms with van der Waals surface area (Å²) in [5.41, 5.74) is 1.79. The van der Waals surface area contributed by atoms with Crippen molar-refractivity contribution in [1.82, 2.24) is 0 Å². The van der Waals surface area contributed by atoms with Crippen molar-refractivity contribution in [2.45, 2.75) is 18.9 Å². The zero-order valence-electron chi connectivity index (χ0n) is 8.03. The van der Waals surface area contributed by atoms with Gasteiger partial charge >= 0.3 is 0 Å². The number of carbonyl (C=O) groups is 1. The summed E-state index contributed by atoms with van der Waals surface area (Å²) >= 11 is 3.42. The monoisotopic (exact) mass is 253 g/mol. The van der Waals surface area contributed by atoms with E-state index in [1.165, 1.54) is 12.8 Å². The van der Waals surface area contributed by atoms with E-state index in [0.29, 0.717) is 6.04 Å². The van der Waals surface area contributed by atoms with E-state index in [2.05, 4.69) is 20.8 Å². The van der Waals surface area contributed by atoms with Crippen molar-refractivity contribution < 1.29 is 4.79 Å². The van der Waals surface area contributed by atoms with Crippen LogP contribution in [0.25, 0.3) is 0 Å². The quantitative estimate of drug-likeness (QED) is 0.773. The van der Waals surface area contributed by atoms with Crippen LogP contribution in [-0.2, 0) is 0 Å². The molecule has 3 heteroatoms. The van der Waals surface area contributed by atoms with Gasteiger partial charge in [-0.2, -0.15) is 0 Å². The van der Waals surface area contributed by atoms with Crippen LogP contribution in [0.3, 0.4) is 0 Å². The maximum absolute atomic E-state index is 10.8. The van der Waals surface area contributed by atoms with Crippen LogP contribution in [0, 0.1) is 0 Å². The first-order valence-electron chi connectivity index (χ1n) is 4.70. The summed E-state index contributed by atoms with van der Waals surface area (Å²) in [7, 11) is 2.05. The molecule has 0 amide bonds. The summed E-state index contributed by atoms with van der Waals surface area (Å²) in [5.74, 6) is 0. The Labute approximate surface area is 92.0 Å². The van der Waals surface area contributed by atoms with Crippen molar-refractivity contribution >= 4 is 27.9 Å². The molecular formula is C11H12BrNO. The number of carbonyl (C=O) groups excluding carboxylic acids is 1. The smallest absolute Gasteiger partial charge is 0.152 e. The molecular weight excluding hydrogens is 242 g/mol. The lowest BCUT2D eigenvalue weighted by atomic mass is 10.2. The van der Waals surface area contributed by atoms with E-state index in [1.807, 2.05) is 25.2 Å². The number of halogens is 1. The fraction of sp³-hybridized carbons (Fsp3) is 0.364. The van der Waals surface area contributed by atoms with Crippen LogP contribution in [-0.4, -0.2) is 19.4 Å². The summed E-state index contributed by atoms with van der Waals surface area (Å²) in [6, 6.07) is 6.38. The van der Waals surface area contributed by atoms with Gasteiger partial charge in [0.25, 0.3) is 0 Å². The van der Waals surface area contributed by atoms with Gasteiger partial charge in [-0.05, 0) is 31.0 Å². The van der Waals surface area contributed by atoms with Crippen LogP contribution in [0.15, 0.2) is 22.7 Å². The van der Waals surface area contributed by atoms with Crippen LogP contribution >= 0.6 is 15.9 Å². The molecule has 0 unspecified atom stereocenters. The zero-order valence-corrected chi connectivity index (χ0v) is 9.62. The Bertz CT molecular complexity index is 360. The fourth-order valence-electron chi connectivity index (χ4n) is 1.58. The maximum Gasteiger partial charge on any atom is 0.152 e. The second-order valence-electron chi connectivity index (χ2n) is 3.66. The van der Waals surface area contributed by atoms with Crippen molar-refractivity contribution in [3.63, 3.8) is 0 Å². The van der Waals surface area contributed by atoms with Gasteiger partial charge in [0.2, 0.25) is 0 Å². The number of hydrogen-bond donors (Lipinski definition) is 0. The molecule has 1 aliphatic rings. The third-order valence-corrected chi connectivity index (χ3v) is 3.09. The summed E-state index contributed by atoms with van der Waals surface area (Å²) in [5, 5.41) is 0. The summed E-state index contributed by atoms with van der Waals surface area (Å²) in [6.45, 7) is 0. The normalized spacial score (nSPS) is 15.3. The molecule has 0 N–H and O–H groups in total. The predicted molar refractivity (Wildman–Crippen MR) is 61.0 cm³/mol. The highest BCUT2D eigenvalue weighted by Crippen LogP contribution is 2.33. The molecule has 1 saturated carbocycles. The minimum absolute atomic E-state index is 0.628. The van der Waals surface area contributed by atoms with Gasteiger partial charge in [0.1, 0.15) is 0 Å². The summed E-state index contributed by atoms with van der Waals surface area (Å²) in [4.78, 5) is 13.0. The van der Waals surface area contributed by atoms with Crippen molar-refractivity contribution in [2.75, 3.05) is 11.9 Å². The largest absolute Gasteiger partial charge is 0.371 e. The number of hydrogen-bond acceptors (Lipinski definition) is 2. The van der Waals surface area contributed by atoms with E-state index in [1.54, 1.807) is 0 Å². The average Bonchev–Trinajstić information content (AvgIpc) is 3.00. The number of rotatable bonds is 3. The molecule has 0 bridgehead atoms. The van der Waals surface area contributed by atoms with Gasteiger partial charge in [-0.1, -0.05) is 15.9 Å². The second kappa shape index (κ2) is 3.73. The van der Waals surface area contributed by atoms with E-state index in [0.717, 1.165) is 22.0 Å². The van der Waals surface area contributed by atoms with Crippen LogP contribution in [0.5, 0.6) is 0 Å². The highest BCUT2D eigenvalue weighted by Gasteiger charge is 2.27. The molecule has 0 atom stereocenters. The zero-order chi connectivity index (χ0) is 10.1. The van der Waals surface area contributed by atoms with Crippen molar-refractivity contribution in [3.05, 3.63) is 28.2 Å². The van der Waals surface area contributed by atoms with E-state index >= 15 is 0 Å². The van der Waals surface area contributed by atoms with Gasteiger partial charge in [0, 0.05) is 28.8 Å². The Balaban J connectivity index is 2.37. The minimum Gasteiger partial charge on any atom is -0.371 e. The lowest BCUT2D eigenvalue weighted by molar-refractivity contribution is 0.112. The summed E-state index contributed by atoms with van der Waals surface area (Å²) < 4.78 is 1.02. The highest BCUT2D eigenvalue weighted by atomic mass is 79.9. The van der Waals surface area contributed by atoms with Gasteiger partial charge < -0.3 is 4.90 Å². The first kappa shape index (κ1) is 9.71. The molecule has 0 heterocycles. The Morgan fingerprint density at radius 1 is 1.50 bits per heavy atom. The lowest BCUT2D eigenvalue weighted by Gasteiger charge is -2.20. The molecule has 1 fully saturated rings. The second-order valence-corrected chi connectivity index (χ2v) is 4.58. The Hall–Kier alpha value is -0.830. The number of anilines is 1. The molecule has 0 radical (unpaired) electrons. The van der Waals surface area contributed by atoms with Gasteiger partial charge in [-0.15, -0.1) is 0 Å². The minimum atomic E-state index is 0.628. The van der Waals surface area contributed by atoms with Crippen molar-refractivity contribution in [1.29, 1.82) is 0 Å². The first-order chi connectivity index (χ1) is 6.72. The molecule has 0 spiro atoms. The molecule has 1 aromatic rings. The van der Waals surface area contributed by atoms with E-state index in [4.69, 9.17) is 0 Å². The van der Waals surface area contributed by atoms with E-state index in [9.17, 15) is 4.79 Å². The number of nitrogens with zero attached hydrogens (tertiary/aromatic N) is 1. The van der Waals surface area contributed by atoms with Gasteiger partial charge in [-0.3, -0.25) is 4.79 Å². The Kier molecular flexibility index (Phi) is 2.59. The first-order valence-corrected chi connectivity index (χ1v) is 5.49. The van der Waals surface area contributed by atoms with Gasteiger partial charge in [-0.25, -0.2) is 0 Å². The van der Waals surface area contributed by atoms with Crippen LogP contribution in [0.2, 0.25) is 0 Å². The predicted octanol–water partition coefficient (Wildman–Crippen LogP) is 2.86. The van der Waals surface area contributed by atoms with Crippen LogP contribution < -0.4 is 4.90 Å². The fourth-order valence-corrected chi connectivity index (χ4v) is 1.93. The lowest BCUT2D eigenvalue weighted by Crippen LogP contribution is -2.20. The molecule has 1 aliphatic carbocycles. The Morgan fingerprint density at radius 3 is 2.79 bits per heavy atom. The van der Waals surface area contributed by atoms with Crippen molar-refractivity contribution in [2.24, 2.45) is 0 Å². The SMILES string of the molecule is CN(c1cc(Br)ccc1C=O)C1CC1. The molecule has 2 rings (SSSR count). The molecule has 14 heavy (non-hydrogen) atoms. The maximum atomic E-state index is 10.8. The molecule has 0 aromatic heterocycles. The highest BCUT2D eigenvalue weighted by molar-refractivity contribution is 9.10. The topological polar surface area (TPSA) is 20.3 Å². The molecule has 0 aliphatic heterocycles. The molecule has 2 nitrogen and oxygen atoms in total. The van der Waals surface area contributed by atoms with Gasteiger partial charge in [0.05, 0.1) is 0 Å². The molecule has 74 valence electrons. The van der Waals surface area contributed by atoms with E-state index in [-0.39, 0.29) is 0 Å². The number of aldehydes is 1. The Morgan fingerprint density at radius 2 is 2.21 bits per heavy atom. The number of benzene rings is 1. The third kappa shape index (κ3) is 1.82. The van der Waals surface area contributed by atoms with Crippen LogP contribution in [0.1, 0.15) is 23.2 Å². The van der Waals surface area contributed by atoms with Crippen LogP contribution in [0.4, 0.5) is 5.69 Å². The third-order valence-electron chi connectivity index (χ3n) is 2.59.